The van der Waals surface area contributed by atoms with E-state index in [4.69, 9.17) is 4.74 Å². The molecule has 3 atom stereocenters. The highest BCUT2D eigenvalue weighted by atomic mass is 19.1. The Morgan fingerprint density at radius 1 is 1.50 bits per heavy atom. The highest BCUT2D eigenvalue weighted by Crippen LogP contribution is 2.30. The molecule has 0 aliphatic carbocycles. The molecule has 2 fully saturated rings. The van der Waals surface area contributed by atoms with Crippen LogP contribution in [0, 0.1) is 0 Å². The molecule has 0 aromatic carbocycles. The average Bonchev–Trinajstić information content (AvgIpc) is 2.42. The maximum absolute atomic E-state index is 13.3. The Balaban J connectivity index is 2.07. The van der Waals surface area contributed by atoms with E-state index in [2.05, 4.69) is 18.7 Å². The number of hydrogen-bond donors (Lipinski definition) is 0. The largest absolute Gasteiger partial charge is 0.373 e. The Labute approximate surface area is 72.7 Å². The summed E-state index contributed by atoms with van der Waals surface area (Å²) in [5.41, 5.74) is 0. The van der Waals surface area contributed by atoms with Gasteiger partial charge in [-0.2, -0.15) is 0 Å². The molecule has 2 rings (SSSR count). The number of piperidine rings is 1. The Morgan fingerprint density at radius 2 is 2.25 bits per heavy atom. The summed E-state index contributed by atoms with van der Waals surface area (Å²) in [6.45, 7) is 5.52. The van der Waals surface area contributed by atoms with Crippen molar-refractivity contribution in [2.75, 3.05) is 13.2 Å². The summed E-state index contributed by atoms with van der Waals surface area (Å²) in [4.78, 5) is 2.22. The number of fused-ring (bicyclic) bond motifs is 2. The van der Waals surface area contributed by atoms with Crippen LogP contribution in [0.15, 0.2) is 0 Å². The quantitative estimate of drug-likeness (QED) is 0.591. The topological polar surface area (TPSA) is 12.5 Å². The standard InChI is InChI=1S/C9H16FNO/c1-6(2)11-4-8(10)9-3-7(11)5-12-9/h6-9H,3-5H2,1-2H3. The van der Waals surface area contributed by atoms with Crippen LogP contribution in [0.2, 0.25) is 0 Å². The Bertz CT molecular complexity index is 174. The minimum atomic E-state index is -0.772. The van der Waals surface area contributed by atoms with E-state index >= 15 is 0 Å². The summed E-state index contributed by atoms with van der Waals surface area (Å²) in [7, 11) is 0. The Kier molecular flexibility index (Phi) is 2.09. The normalized spacial score (nSPS) is 42.5. The fraction of sp³-hybridized carbons (Fsp3) is 1.00. The van der Waals surface area contributed by atoms with E-state index in [1.165, 1.54) is 0 Å². The third-order valence-electron chi connectivity index (χ3n) is 2.93. The maximum atomic E-state index is 13.3. The summed E-state index contributed by atoms with van der Waals surface area (Å²) >= 11 is 0. The van der Waals surface area contributed by atoms with Crippen LogP contribution in [0.4, 0.5) is 4.39 Å². The van der Waals surface area contributed by atoms with Gasteiger partial charge in [0.2, 0.25) is 0 Å². The first kappa shape index (κ1) is 8.45. The van der Waals surface area contributed by atoms with E-state index in [0.717, 1.165) is 13.0 Å². The van der Waals surface area contributed by atoms with Crippen molar-refractivity contribution in [3.63, 3.8) is 0 Å². The summed E-state index contributed by atoms with van der Waals surface area (Å²) < 4.78 is 18.7. The lowest BCUT2D eigenvalue weighted by molar-refractivity contribution is 0.0271. The van der Waals surface area contributed by atoms with Gasteiger partial charge in [-0.15, -0.1) is 0 Å². The smallest absolute Gasteiger partial charge is 0.139 e. The second kappa shape index (κ2) is 2.96. The molecule has 12 heavy (non-hydrogen) atoms. The number of hydrogen-bond acceptors (Lipinski definition) is 2. The van der Waals surface area contributed by atoms with Crippen LogP contribution in [0.1, 0.15) is 20.3 Å². The molecular weight excluding hydrogens is 157 g/mol. The molecule has 2 bridgehead atoms. The molecule has 3 heteroatoms. The van der Waals surface area contributed by atoms with Crippen molar-refractivity contribution < 1.29 is 9.13 Å². The number of ether oxygens (including phenoxy) is 1. The van der Waals surface area contributed by atoms with Gasteiger partial charge in [0, 0.05) is 18.6 Å². The molecule has 2 aliphatic heterocycles. The van der Waals surface area contributed by atoms with Gasteiger partial charge in [-0.05, 0) is 20.3 Å². The zero-order chi connectivity index (χ0) is 8.72. The minimum Gasteiger partial charge on any atom is -0.373 e. The SMILES string of the molecule is CC(C)N1CC(F)C2CC1CO2. The van der Waals surface area contributed by atoms with Crippen LogP contribution < -0.4 is 0 Å². The van der Waals surface area contributed by atoms with Crippen molar-refractivity contribution in [3.8, 4) is 0 Å². The van der Waals surface area contributed by atoms with E-state index in [9.17, 15) is 4.39 Å². The molecule has 70 valence electrons. The molecule has 2 heterocycles. The number of rotatable bonds is 1. The van der Waals surface area contributed by atoms with Gasteiger partial charge in [-0.3, -0.25) is 4.90 Å². The van der Waals surface area contributed by atoms with Gasteiger partial charge in [-0.25, -0.2) is 4.39 Å². The minimum absolute atomic E-state index is 0.106. The van der Waals surface area contributed by atoms with Gasteiger partial charge in [0.1, 0.15) is 6.17 Å². The van der Waals surface area contributed by atoms with E-state index < -0.39 is 6.17 Å². The van der Waals surface area contributed by atoms with E-state index in [1.54, 1.807) is 0 Å². The monoisotopic (exact) mass is 173 g/mol. The fourth-order valence-electron chi connectivity index (χ4n) is 2.22. The van der Waals surface area contributed by atoms with Gasteiger partial charge in [0.15, 0.2) is 0 Å². The van der Waals surface area contributed by atoms with E-state index in [-0.39, 0.29) is 6.10 Å². The first-order valence-corrected chi connectivity index (χ1v) is 4.70. The number of likely N-dealkylation sites (tertiary alicyclic amines) is 1. The summed E-state index contributed by atoms with van der Waals surface area (Å²) in [5.74, 6) is 0. The fourth-order valence-corrected chi connectivity index (χ4v) is 2.22. The van der Waals surface area contributed by atoms with Crippen molar-refractivity contribution in [2.45, 2.75) is 44.6 Å². The molecule has 0 radical (unpaired) electrons. The first-order valence-electron chi connectivity index (χ1n) is 4.70. The summed E-state index contributed by atoms with van der Waals surface area (Å²) in [5, 5.41) is 0. The van der Waals surface area contributed by atoms with Crippen molar-refractivity contribution in [1.82, 2.24) is 4.90 Å². The highest BCUT2D eigenvalue weighted by Gasteiger charge is 2.42. The number of halogens is 1. The first-order chi connectivity index (χ1) is 5.68. The average molecular weight is 173 g/mol. The highest BCUT2D eigenvalue weighted by molar-refractivity contribution is 4.94. The third-order valence-corrected chi connectivity index (χ3v) is 2.93. The molecule has 0 aromatic heterocycles. The van der Waals surface area contributed by atoms with Crippen LogP contribution in [0.25, 0.3) is 0 Å². The predicted molar refractivity (Wildman–Crippen MR) is 44.9 cm³/mol. The molecule has 0 aromatic rings. The molecule has 0 N–H and O–H groups in total. The zero-order valence-electron chi connectivity index (χ0n) is 7.66. The van der Waals surface area contributed by atoms with E-state index in [0.29, 0.717) is 18.6 Å². The molecule has 2 nitrogen and oxygen atoms in total. The predicted octanol–water partition coefficient (Wildman–Crippen LogP) is 1.21. The maximum Gasteiger partial charge on any atom is 0.139 e. The molecular formula is C9H16FNO. The molecule has 0 spiro atoms. The Morgan fingerprint density at radius 3 is 2.92 bits per heavy atom. The molecule has 3 unspecified atom stereocenters. The van der Waals surface area contributed by atoms with Gasteiger partial charge in [-0.1, -0.05) is 0 Å². The second-order valence-electron chi connectivity index (χ2n) is 4.07. The number of nitrogens with zero attached hydrogens (tertiary/aromatic N) is 1. The zero-order valence-corrected chi connectivity index (χ0v) is 7.66. The van der Waals surface area contributed by atoms with Crippen LogP contribution in [0.3, 0.4) is 0 Å². The van der Waals surface area contributed by atoms with Crippen molar-refractivity contribution in [1.29, 1.82) is 0 Å². The van der Waals surface area contributed by atoms with Gasteiger partial charge in [0.25, 0.3) is 0 Å². The second-order valence-corrected chi connectivity index (χ2v) is 4.07. The van der Waals surface area contributed by atoms with Crippen molar-refractivity contribution in [2.24, 2.45) is 0 Å². The van der Waals surface area contributed by atoms with Crippen LogP contribution in [0.5, 0.6) is 0 Å². The Hall–Kier alpha value is -0.150. The molecule has 0 amide bonds. The third kappa shape index (κ3) is 1.25. The lowest BCUT2D eigenvalue weighted by Crippen LogP contribution is -2.49. The molecule has 2 aliphatic rings. The van der Waals surface area contributed by atoms with Gasteiger partial charge < -0.3 is 4.74 Å². The molecule has 0 saturated carbocycles. The van der Waals surface area contributed by atoms with Crippen molar-refractivity contribution >= 4 is 0 Å². The van der Waals surface area contributed by atoms with Gasteiger partial charge >= 0.3 is 0 Å². The number of alkyl halides is 1. The van der Waals surface area contributed by atoms with Crippen LogP contribution in [-0.4, -0.2) is 42.4 Å². The van der Waals surface area contributed by atoms with E-state index in [1.807, 2.05) is 0 Å². The van der Waals surface area contributed by atoms with Crippen molar-refractivity contribution in [3.05, 3.63) is 0 Å². The van der Waals surface area contributed by atoms with Gasteiger partial charge in [0.05, 0.1) is 12.7 Å². The lowest BCUT2D eigenvalue weighted by atomic mass is 10.0. The molecule has 2 saturated heterocycles. The van der Waals surface area contributed by atoms with Crippen LogP contribution >= 0.6 is 0 Å². The summed E-state index contributed by atoms with van der Waals surface area (Å²) in [6.07, 6.45) is 0.00968. The lowest BCUT2D eigenvalue weighted by Gasteiger charge is -2.36. The van der Waals surface area contributed by atoms with Crippen LogP contribution in [-0.2, 0) is 4.74 Å². The summed E-state index contributed by atoms with van der Waals surface area (Å²) in [6, 6.07) is 0.915.